The van der Waals surface area contributed by atoms with E-state index >= 15 is 24.0 Å². The van der Waals surface area contributed by atoms with Crippen LogP contribution in [0.2, 0.25) is 15.1 Å². The van der Waals surface area contributed by atoms with Gasteiger partial charge in [0.15, 0.2) is 23.9 Å². The third-order valence-corrected chi connectivity index (χ3v) is 23.0. The van der Waals surface area contributed by atoms with E-state index in [2.05, 4.69) is 47.9 Å². The minimum atomic E-state index is -2.31. The molecule has 670 valence electrons. The number of hydrogen-bond donors (Lipinski definition) is 18. The van der Waals surface area contributed by atoms with Gasteiger partial charge in [-0.2, -0.15) is 0 Å². The molecule has 7 aliphatic heterocycles. The third-order valence-electron chi connectivity index (χ3n) is 22.1. The summed E-state index contributed by atoms with van der Waals surface area (Å²) in [5.41, 5.74) is 5.15. The number of nitrogens with zero attached hydrogens (tertiary/aromatic N) is 1. The molecular formula is C87H102Cl3N11O24. The number of carbonyl (C=O) groups excluding carboxylic acids is 8. The van der Waals surface area contributed by atoms with Gasteiger partial charge in [0.2, 0.25) is 53.0 Å². The number of aliphatic hydroxyl groups excluding tert-OH is 5. The average Bonchev–Trinajstić information content (AvgIpc) is 0.761. The number of fused-ring (bicyclic) bond motifs is 15. The van der Waals surface area contributed by atoms with Crippen molar-refractivity contribution in [1.82, 2.24) is 52.8 Å². The first-order valence-corrected chi connectivity index (χ1v) is 41.6. The molecule has 19 N–H and O–H groups in total. The molecule has 7 aliphatic rings. The molecule has 8 amide bonds. The van der Waals surface area contributed by atoms with Gasteiger partial charge in [0, 0.05) is 53.8 Å². The Morgan fingerprint density at radius 3 is 1.92 bits per heavy atom. The summed E-state index contributed by atoms with van der Waals surface area (Å²) in [7, 11) is 5.26. The van der Waals surface area contributed by atoms with Crippen LogP contribution in [0.4, 0.5) is 0 Å². The molecule has 2 saturated heterocycles. The van der Waals surface area contributed by atoms with Gasteiger partial charge >= 0.3 is 0 Å². The highest BCUT2D eigenvalue weighted by atomic mass is 35.5. The van der Waals surface area contributed by atoms with E-state index in [0.717, 1.165) is 65.2 Å². The summed E-state index contributed by atoms with van der Waals surface area (Å²) in [5, 5.41) is 120. The first-order chi connectivity index (χ1) is 59.6. The molecule has 7 heterocycles. The number of hydrogen-bond acceptors (Lipinski definition) is 27. The van der Waals surface area contributed by atoms with E-state index in [1.807, 2.05) is 69.2 Å². The maximum absolute atomic E-state index is 16.4. The quantitative estimate of drug-likeness (QED) is 0.0330. The van der Waals surface area contributed by atoms with E-state index < -0.39 is 215 Å². The number of rotatable bonds is 26. The molecule has 0 spiro atoms. The smallest absolute Gasteiger partial charge is 0.248 e. The highest BCUT2D eigenvalue weighted by Crippen LogP contribution is 2.50. The zero-order valence-electron chi connectivity index (χ0n) is 69.2. The van der Waals surface area contributed by atoms with Crippen LogP contribution in [0.3, 0.4) is 0 Å². The van der Waals surface area contributed by atoms with Crippen LogP contribution in [-0.4, -0.2) is 240 Å². The second-order valence-corrected chi connectivity index (χ2v) is 33.3. The summed E-state index contributed by atoms with van der Waals surface area (Å²) in [4.78, 5) is 123. The standard InChI is InChI=1S/C87H102Cl3N11O24/c1-41(2)28-56(92-5)80(111)99-72-74(107)47-15-20-60(54(89)30-47)122-62-32-49-33-63(77(62)124-65-40-120-64(39-102)76(109)78(65)125-67-37-87(4,79(110)42(3)121-67)94-38-43-8-10-44(11-9-43)45-12-17-50(88)18-13-45)123-61-21-16-48(31-55(61)90)75(108)73-86(117)98-71(82(113)93-22-24-118-26-27-119-25-23-101(6)7)53-34-51(103)35-59(105)68(53)52-29-46(14-19-58(52)104)69(83(114)100-73)97-84(115)70(49)96-81(112)57(36-66(91)106)95-85(72)116/h8-21,29-35,41-42,56-57,64-65,67,69-76,78-79,92,94,102-105,107-110H,22-28,36-40H2,1-7H3,(H2,91,106)(H,93,113)(H,95,116)(H,96,112)(H,97,115)(H,98,117)(H,99,111)(H,100,114)/t42-,56+,57-,64+,65-,67?,69+,70+,71-,72+,73-,74+,75?,76-,78+,79+,87-/m0/s1. The molecule has 17 atom stereocenters. The second-order valence-electron chi connectivity index (χ2n) is 32.0. The molecule has 14 rings (SSSR count). The van der Waals surface area contributed by atoms with Gasteiger partial charge in [-0.3, -0.25) is 38.4 Å². The molecule has 0 aliphatic carbocycles. The molecule has 125 heavy (non-hydrogen) atoms. The number of carbonyl (C=O) groups is 8. The lowest BCUT2D eigenvalue weighted by atomic mass is 9.84. The largest absolute Gasteiger partial charge is 0.508 e. The average molecular weight is 1790 g/mol. The highest BCUT2D eigenvalue weighted by molar-refractivity contribution is 6.32. The molecule has 0 radical (unpaired) electrons. The van der Waals surface area contributed by atoms with Gasteiger partial charge in [-0.05, 0) is 159 Å². The number of ether oxygens (including phenoxy) is 8. The molecular weight excluding hydrogens is 1690 g/mol. The fraction of sp³-hybridized carbons (Fsp3) is 0.425. The van der Waals surface area contributed by atoms with Crippen molar-refractivity contribution >= 4 is 82.1 Å². The van der Waals surface area contributed by atoms with Crippen molar-refractivity contribution in [2.24, 2.45) is 11.7 Å². The summed E-state index contributed by atoms with van der Waals surface area (Å²) in [6, 6.07) is 16.0. The number of likely N-dealkylation sites (N-methyl/N-ethyl adjacent to an activating group) is 2. The fourth-order valence-corrected chi connectivity index (χ4v) is 15.9. The summed E-state index contributed by atoms with van der Waals surface area (Å²) >= 11 is 20.7. The minimum Gasteiger partial charge on any atom is -0.508 e. The van der Waals surface area contributed by atoms with Gasteiger partial charge in [-0.1, -0.05) is 103 Å². The first-order valence-electron chi connectivity index (χ1n) is 40.5. The van der Waals surface area contributed by atoms with Crippen LogP contribution in [0.5, 0.6) is 46.0 Å². The number of primary amides is 1. The van der Waals surface area contributed by atoms with E-state index in [-0.39, 0.29) is 101 Å². The molecule has 2 fully saturated rings. The zero-order valence-corrected chi connectivity index (χ0v) is 71.5. The van der Waals surface area contributed by atoms with Gasteiger partial charge in [0.25, 0.3) is 0 Å². The van der Waals surface area contributed by atoms with E-state index in [1.54, 1.807) is 26.0 Å². The molecule has 7 aromatic carbocycles. The lowest BCUT2D eigenvalue weighted by Crippen LogP contribution is -2.64. The van der Waals surface area contributed by atoms with Crippen molar-refractivity contribution in [3.63, 3.8) is 0 Å². The van der Waals surface area contributed by atoms with E-state index in [9.17, 15) is 55.2 Å². The number of amides is 8. The highest BCUT2D eigenvalue weighted by Gasteiger charge is 2.50. The number of nitrogens with two attached hydrogens (primary N) is 1. The number of halogens is 3. The number of aromatic hydroxyl groups is 3. The van der Waals surface area contributed by atoms with Gasteiger partial charge in [0.1, 0.15) is 95.5 Å². The number of benzene rings is 7. The Bertz CT molecular complexity index is 5100. The Kier molecular flexibility index (Phi) is 30.9. The van der Waals surface area contributed by atoms with Crippen LogP contribution in [0.25, 0.3) is 22.3 Å². The fourth-order valence-electron chi connectivity index (χ4n) is 15.3. The van der Waals surface area contributed by atoms with E-state index in [0.29, 0.717) is 18.2 Å². The molecule has 11 bridgehead atoms. The van der Waals surface area contributed by atoms with Crippen molar-refractivity contribution in [3.8, 4) is 68.2 Å². The van der Waals surface area contributed by atoms with Crippen LogP contribution >= 0.6 is 34.8 Å². The number of phenolic OH excluding ortho intramolecular Hbond substituents is 3. The van der Waals surface area contributed by atoms with E-state index in [4.69, 9.17) is 78.4 Å². The molecule has 35 nitrogen and oxygen atoms in total. The summed E-state index contributed by atoms with van der Waals surface area (Å²) in [6.07, 6.45) is -14.8. The Hall–Kier alpha value is -10.6. The Balaban J connectivity index is 1.01. The predicted octanol–water partition coefficient (Wildman–Crippen LogP) is 4.57. The van der Waals surface area contributed by atoms with Gasteiger partial charge < -0.3 is 137 Å². The monoisotopic (exact) mass is 1790 g/mol. The van der Waals surface area contributed by atoms with Crippen molar-refractivity contribution < 1.29 is 117 Å². The molecule has 2 unspecified atom stereocenters. The van der Waals surface area contributed by atoms with Crippen molar-refractivity contribution in [2.45, 2.75) is 156 Å². The molecule has 0 saturated carbocycles. The first kappa shape index (κ1) is 93.6. The van der Waals surface area contributed by atoms with Crippen LogP contribution in [-0.2, 0) is 68.6 Å². The second kappa shape index (κ2) is 41.3. The van der Waals surface area contributed by atoms with Crippen molar-refractivity contribution in [2.75, 3.05) is 73.9 Å². The molecule has 38 heteroatoms. The van der Waals surface area contributed by atoms with Gasteiger partial charge in [-0.25, -0.2) is 0 Å². The molecule has 7 aromatic rings. The van der Waals surface area contributed by atoms with Crippen LogP contribution < -0.4 is 67.8 Å². The lowest BCUT2D eigenvalue weighted by molar-refractivity contribution is -0.296. The summed E-state index contributed by atoms with van der Waals surface area (Å²) in [6.45, 7) is 7.10. The third kappa shape index (κ3) is 22.5. The van der Waals surface area contributed by atoms with Gasteiger partial charge in [-0.15, -0.1) is 0 Å². The lowest BCUT2D eigenvalue weighted by Gasteiger charge is -2.48. The van der Waals surface area contributed by atoms with E-state index in [1.165, 1.54) is 37.4 Å². The number of nitrogens with one attached hydrogen (secondary N) is 9. The predicted molar refractivity (Wildman–Crippen MR) is 453 cm³/mol. The minimum absolute atomic E-state index is 0.0828. The Labute approximate surface area is 734 Å². The zero-order chi connectivity index (χ0) is 90.0. The Morgan fingerprint density at radius 1 is 0.680 bits per heavy atom. The summed E-state index contributed by atoms with van der Waals surface area (Å²) in [5.74, 6) is -14.1. The molecule has 0 aromatic heterocycles. The SMILES string of the molecule is CN[C@H](CC(C)C)C(=O)N[C@H]1C(=O)N[C@@H](CC(N)=O)C(=O)N[C@H]2C(=O)N[C@H]3C(=O)N[C@H](C(=O)N[C@H](C(=O)NCCOCCOCCN(C)C)c4cc(O)cc(O)c4-c4cc3ccc4O)C(O)c3ccc(c(Cl)c3)Oc3cc2cc(c3O[C@H]2CO[C@H](CO)[C@H](O)[C@@H]2OC2C[C@](C)(NCc3ccc(-c4ccc(Cl)cc4)cc3)[C@H](O)[C@H](C)O2)Oc2ccc(cc2Cl)[C@H]1O. The maximum atomic E-state index is 16.4. The number of phenols is 3. The summed E-state index contributed by atoms with van der Waals surface area (Å²) < 4.78 is 51.3. The maximum Gasteiger partial charge on any atom is 0.248 e. The van der Waals surface area contributed by atoms with Crippen LogP contribution in [0.15, 0.2) is 127 Å². The van der Waals surface area contributed by atoms with Crippen LogP contribution in [0.1, 0.15) is 111 Å². The Morgan fingerprint density at radius 2 is 1.30 bits per heavy atom. The van der Waals surface area contributed by atoms with Gasteiger partial charge in [0.05, 0.1) is 74.4 Å². The topological polar surface area (TPSA) is 510 Å². The number of aliphatic hydroxyl groups is 5. The van der Waals surface area contributed by atoms with Crippen molar-refractivity contribution in [1.29, 1.82) is 0 Å². The van der Waals surface area contributed by atoms with Crippen LogP contribution in [0, 0.1) is 5.92 Å². The normalized spacial score (nSPS) is 25.4. The van der Waals surface area contributed by atoms with Crippen molar-refractivity contribution in [3.05, 3.63) is 176 Å².